The minimum absolute atomic E-state index is 0.0184. The molecule has 134 valence electrons. The van der Waals surface area contributed by atoms with E-state index in [9.17, 15) is 23.5 Å². The van der Waals surface area contributed by atoms with Crippen LogP contribution in [-0.4, -0.2) is 43.3 Å². The summed E-state index contributed by atoms with van der Waals surface area (Å²) in [7, 11) is 2.60. The lowest BCUT2D eigenvalue weighted by molar-refractivity contribution is -0.178. The molecular formula is C16H20F2O6. The van der Waals surface area contributed by atoms with Crippen LogP contribution in [0.5, 0.6) is 11.5 Å². The first kappa shape index (κ1) is 19.7. The number of aliphatic carboxylic acids is 1. The number of esters is 1. The number of benzene rings is 1. The van der Waals surface area contributed by atoms with Crippen molar-refractivity contribution in [3.05, 3.63) is 23.8 Å². The van der Waals surface area contributed by atoms with Crippen LogP contribution in [0.3, 0.4) is 0 Å². The van der Waals surface area contributed by atoms with Crippen molar-refractivity contribution in [2.24, 2.45) is 0 Å². The molecule has 1 rings (SSSR count). The van der Waals surface area contributed by atoms with Gasteiger partial charge in [-0.05, 0) is 38.5 Å². The Morgan fingerprint density at radius 1 is 1.08 bits per heavy atom. The van der Waals surface area contributed by atoms with E-state index in [1.807, 2.05) is 0 Å². The predicted octanol–water partition coefficient (Wildman–Crippen LogP) is 2.63. The minimum atomic E-state index is -3.54. The lowest BCUT2D eigenvalue weighted by Gasteiger charge is -2.31. The van der Waals surface area contributed by atoms with Crippen molar-refractivity contribution in [3.8, 4) is 11.5 Å². The molecule has 1 aromatic rings. The molecule has 1 atom stereocenters. The zero-order valence-electron chi connectivity index (χ0n) is 14.1. The molecule has 24 heavy (non-hydrogen) atoms. The molecule has 6 nitrogen and oxygen atoms in total. The Hall–Kier alpha value is -2.38. The van der Waals surface area contributed by atoms with Crippen LogP contribution < -0.4 is 9.47 Å². The minimum Gasteiger partial charge on any atom is -0.493 e. The van der Waals surface area contributed by atoms with E-state index in [1.165, 1.54) is 41.1 Å². The molecule has 0 aromatic heterocycles. The highest BCUT2D eigenvalue weighted by molar-refractivity contribution is 6.06. The highest BCUT2D eigenvalue weighted by Crippen LogP contribution is 2.39. The van der Waals surface area contributed by atoms with Gasteiger partial charge in [0.25, 0.3) is 6.43 Å². The topological polar surface area (TPSA) is 82.1 Å². The average molecular weight is 346 g/mol. The van der Waals surface area contributed by atoms with E-state index in [1.54, 1.807) is 0 Å². The Labute approximate surface area is 138 Å². The fraction of sp³-hybridized carbons (Fsp3) is 0.500. The van der Waals surface area contributed by atoms with Crippen molar-refractivity contribution in [2.75, 3.05) is 14.2 Å². The largest absolute Gasteiger partial charge is 0.493 e. The SMILES string of the molecule is COc1ccc(C(C(=O)O)(C(=O)OC(C)(C)C)C(F)F)cc1OC. The molecule has 0 amide bonds. The summed E-state index contributed by atoms with van der Waals surface area (Å²) < 4.78 is 42.5. The fourth-order valence-electron chi connectivity index (χ4n) is 2.08. The lowest BCUT2D eigenvalue weighted by atomic mass is 9.80. The fourth-order valence-corrected chi connectivity index (χ4v) is 2.08. The van der Waals surface area contributed by atoms with Crippen LogP contribution >= 0.6 is 0 Å². The van der Waals surface area contributed by atoms with E-state index in [2.05, 4.69) is 0 Å². The number of ether oxygens (including phenoxy) is 3. The third-order valence-corrected chi connectivity index (χ3v) is 3.22. The van der Waals surface area contributed by atoms with E-state index >= 15 is 0 Å². The highest BCUT2D eigenvalue weighted by atomic mass is 19.3. The molecule has 1 aromatic carbocycles. The van der Waals surface area contributed by atoms with Gasteiger partial charge < -0.3 is 19.3 Å². The van der Waals surface area contributed by atoms with Gasteiger partial charge in [0.1, 0.15) is 5.60 Å². The summed E-state index contributed by atoms with van der Waals surface area (Å²) in [6, 6.07) is 3.35. The number of carbonyl (C=O) groups excluding carboxylic acids is 1. The van der Waals surface area contributed by atoms with Crippen LogP contribution in [0.1, 0.15) is 26.3 Å². The quantitative estimate of drug-likeness (QED) is 0.630. The summed E-state index contributed by atoms with van der Waals surface area (Å²) in [6.45, 7) is 4.37. The number of carboxylic acid groups (broad SMARTS) is 1. The van der Waals surface area contributed by atoms with Crippen LogP contribution in [0.25, 0.3) is 0 Å². The van der Waals surface area contributed by atoms with Crippen molar-refractivity contribution >= 4 is 11.9 Å². The van der Waals surface area contributed by atoms with Crippen LogP contribution in [0.15, 0.2) is 18.2 Å². The molecule has 1 N–H and O–H groups in total. The van der Waals surface area contributed by atoms with Crippen molar-refractivity contribution < 1.29 is 37.7 Å². The van der Waals surface area contributed by atoms with Gasteiger partial charge in [-0.15, -0.1) is 0 Å². The second-order valence-corrected chi connectivity index (χ2v) is 5.99. The number of rotatable bonds is 6. The summed E-state index contributed by atoms with van der Waals surface area (Å²) in [5.74, 6) is -3.34. The number of methoxy groups -OCH3 is 2. The first-order chi connectivity index (χ1) is 11.0. The van der Waals surface area contributed by atoms with Gasteiger partial charge in [-0.25, -0.2) is 8.78 Å². The molecule has 0 aliphatic rings. The summed E-state index contributed by atoms with van der Waals surface area (Å²) in [4.78, 5) is 24.1. The lowest BCUT2D eigenvalue weighted by Crippen LogP contribution is -2.52. The monoisotopic (exact) mass is 346 g/mol. The van der Waals surface area contributed by atoms with Crippen LogP contribution in [0.2, 0.25) is 0 Å². The van der Waals surface area contributed by atoms with Crippen molar-refractivity contribution in [1.29, 1.82) is 0 Å². The number of hydrogen-bond donors (Lipinski definition) is 1. The maximum absolute atomic E-state index is 13.8. The van der Waals surface area contributed by atoms with E-state index in [0.717, 1.165) is 12.1 Å². The van der Waals surface area contributed by atoms with Gasteiger partial charge in [0.05, 0.1) is 14.2 Å². The Kier molecular flexibility index (Phi) is 5.75. The van der Waals surface area contributed by atoms with Crippen LogP contribution in [0.4, 0.5) is 8.78 Å². The maximum atomic E-state index is 13.8. The van der Waals surface area contributed by atoms with Crippen molar-refractivity contribution in [2.45, 2.75) is 38.2 Å². The van der Waals surface area contributed by atoms with E-state index in [4.69, 9.17) is 14.2 Å². The zero-order valence-corrected chi connectivity index (χ0v) is 14.1. The number of alkyl halides is 2. The van der Waals surface area contributed by atoms with Gasteiger partial charge in [0.2, 0.25) is 5.41 Å². The zero-order chi connectivity index (χ0) is 18.7. The number of carbonyl (C=O) groups is 2. The standard InChI is InChI=1S/C16H20F2O6/c1-15(2,3)24-14(21)16(12(17)18,13(19)20)9-6-7-10(22-4)11(8-9)23-5/h6-8,12H,1-5H3,(H,19,20). The first-order valence-electron chi connectivity index (χ1n) is 6.98. The second kappa shape index (κ2) is 7.02. The molecular weight excluding hydrogens is 326 g/mol. The maximum Gasteiger partial charge on any atom is 0.334 e. The molecule has 0 radical (unpaired) electrons. The van der Waals surface area contributed by atoms with Gasteiger partial charge in [-0.1, -0.05) is 6.07 Å². The predicted molar refractivity (Wildman–Crippen MR) is 80.7 cm³/mol. The van der Waals surface area contributed by atoms with Crippen LogP contribution in [-0.2, 0) is 19.7 Å². The van der Waals surface area contributed by atoms with Gasteiger partial charge in [-0.2, -0.15) is 0 Å². The number of halogens is 2. The van der Waals surface area contributed by atoms with E-state index in [-0.39, 0.29) is 11.5 Å². The van der Waals surface area contributed by atoms with Gasteiger partial charge >= 0.3 is 11.9 Å². The highest BCUT2D eigenvalue weighted by Gasteiger charge is 2.58. The van der Waals surface area contributed by atoms with E-state index < -0.39 is 34.9 Å². The molecule has 0 spiro atoms. The molecule has 0 bridgehead atoms. The molecule has 8 heteroatoms. The summed E-state index contributed by atoms with van der Waals surface area (Å²) >= 11 is 0. The number of hydrogen-bond acceptors (Lipinski definition) is 5. The summed E-state index contributed by atoms with van der Waals surface area (Å²) in [5, 5.41) is 9.45. The molecule has 0 fully saturated rings. The third kappa shape index (κ3) is 3.58. The molecule has 0 aliphatic carbocycles. The summed E-state index contributed by atoms with van der Waals surface area (Å²) in [6.07, 6.45) is -3.54. The molecule has 0 aliphatic heterocycles. The molecule has 0 saturated heterocycles. The Morgan fingerprint density at radius 3 is 2.00 bits per heavy atom. The molecule has 0 saturated carbocycles. The first-order valence-corrected chi connectivity index (χ1v) is 6.98. The normalized spacial score (nSPS) is 14.0. The Bertz CT molecular complexity index is 623. The molecule has 1 unspecified atom stereocenters. The third-order valence-electron chi connectivity index (χ3n) is 3.22. The second-order valence-electron chi connectivity index (χ2n) is 5.99. The van der Waals surface area contributed by atoms with Gasteiger partial charge in [-0.3, -0.25) is 9.59 Å². The Balaban J connectivity index is 3.60. The Morgan fingerprint density at radius 2 is 1.62 bits per heavy atom. The van der Waals surface area contributed by atoms with E-state index in [0.29, 0.717) is 0 Å². The van der Waals surface area contributed by atoms with Gasteiger partial charge in [0, 0.05) is 0 Å². The van der Waals surface area contributed by atoms with Gasteiger partial charge in [0.15, 0.2) is 11.5 Å². The average Bonchev–Trinajstić information content (AvgIpc) is 2.44. The smallest absolute Gasteiger partial charge is 0.334 e. The number of carboxylic acids is 1. The van der Waals surface area contributed by atoms with Crippen molar-refractivity contribution in [3.63, 3.8) is 0 Å². The van der Waals surface area contributed by atoms with Crippen LogP contribution in [0, 0.1) is 0 Å². The summed E-state index contributed by atoms with van der Waals surface area (Å²) in [5.41, 5.74) is -4.77. The molecule has 0 heterocycles. The van der Waals surface area contributed by atoms with Crippen molar-refractivity contribution in [1.82, 2.24) is 0 Å².